The summed E-state index contributed by atoms with van der Waals surface area (Å²) in [7, 11) is 0. The van der Waals surface area contributed by atoms with Crippen molar-refractivity contribution in [3.05, 3.63) is 53.6 Å². The normalized spacial score (nSPS) is 10.2. The highest BCUT2D eigenvalue weighted by Crippen LogP contribution is 2.22. The summed E-state index contributed by atoms with van der Waals surface area (Å²) in [6.07, 6.45) is 0. The lowest BCUT2D eigenvalue weighted by molar-refractivity contribution is 0.101. The van der Waals surface area contributed by atoms with Crippen LogP contribution in [0.15, 0.2) is 42.5 Å². The second-order valence-electron chi connectivity index (χ2n) is 4.82. The number of hydrogen-bond acceptors (Lipinski definition) is 4. The molecule has 0 bridgehead atoms. The highest BCUT2D eigenvalue weighted by atomic mass is 16.5. The number of ketones is 1. The molecule has 4 nitrogen and oxygen atoms in total. The largest absolute Gasteiger partial charge is 0.490 e. The smallest absolute Gasteiger partial charge is 0.159 e. The molecule has 0 aliphatic rings. The van der Waals surface area contributed by atoms with Crippen molar-refractivity contribution in [3.8, 4) is 11.5 Å². The van der Waals surface area contributed by atoms with E-state index in [-0.39, 0.29) is 5.78 Å². The van der Waals surface area contributed by atoms with E-state index in [4.69, 9.17) is 15.2 Å². The Labute approximate surface area is 124 Å². The van der Waals surface area contributed by atoms with E-state index in [1.54, 1.807) is 18.2 Å². The molecule has 0 aliphatic heterocycles. The number of anilines is 1. The first-order valence-electron chi connectivity index (χ1n) is 6.79. The lowest BCUT2D eigenvalue weighted by atomic mass is 10.1. The number of ether oxygens (including phenoxy) is 2. The second kappa shape index (κ2) is 6.79. The molecular weight excluding hydrogens is 266 g/mol. The summed E-state index contributed by atoms with van der Waals surface area (Å²) in [4.78, 5) is 11.2. The number of carbonyl (C=O) groups excluding carboxylic acids is 1. The lowest BCUT2D eigenvalue weighted by Crippen LogP contribution is -2.10. The summed E-state index contributed by atoms with van der Waals surface area (Å²) in [6, 6.07) is 12.9. The van der Waals surface area contributed by atoms with Crippen LogP contribution in [0.25, 0.3) is 0 Å². The van der Waals surface area contributed by atoms with Crippen molar-refractivity contribution in [1.29, 1.82) is 0 Å². The van der Waals surface area contributed by atoms with Gasteiger partial charge in [0, 0.05) is 5.56 Å². The topological polar surface area (TPSA) is 61.5 Å². The molecule has 110 valence electrons. The van der Waals surface area contributed by atoms with E-state index in [0.717, 1.165) is 11.3 Å². The van der Waals surface area contributed by atoms with Gasteiger partial charge in [0.15, 0.2) is 5.78 Å². The standard InChI is InChI=1S/C17H19NO3/c1-12-4-3-5-15(10-12)20-8-9-21-17-7-6-14(13(2)19)11-16(17)18/h3-7,10-11H,8-9,18H2,1-2H3. The Morgan fingerprint density at radius 3 is 2.52 bits per heavy atom. The highest BCUT2D eigenvalue weighted by molar-refractivity contribution is 5.95. The van der Waals surface area contributed by atoms with Gasteiger partial charge >= 0.3 is 0 Å². The molecule has 0 saturated heterocycles. The van der Waals surface area contributed by atoms with Crippen molar-refractivity contribution in [2.24, 2.45) is 0 Å². The number of carbonyl (C=O) groups is 1. The van der Waals surface area contributed by atoms with Crippen LogP contribution in [-0.2, 0) is 0 Å². The Hall–Kier alpha value is -2.49. The SMILES string of the molecule is CC(=O)c1ccc(OCCOc2cccc(C)c2)c(N)c1. The number of Topliss-reactive ketones (excluding diaryl/α,β-unsaturated/α-hetero) is 1. The third-order valence-electron chi connectivity index (χ3n) is 3.02. The van der Waals surface area contributed by atoms with Crippen LogP contribution in [0.1, 0.15) is 22.8 Å². The molecule has 0 heterocycles. The summed E-state index contributed by atoms with van der Waals surface area (Å²) >= 11 is 0. The fourth-order valence-electron chi connectivity index (χ4n) is 1.92. The van der Waals surface area contributed by atoms with Crippen LogP contribution in [0.3, 0.4) is 0 Å². The molecule has 21 heavy (non-hydrogen) atoms. The first-order chi connectivity index (χ1) is 10.1. The minimum atomic E-state index is -0.0176. The van der Waals surface area contributed by atoms with E-state index < -0.39 is 0 Å². The van der Waals surface area contributed by atoms with Gasteiger partial charge < -0.3 is 15.2 Å². The first kappa shape index (κ1) is 14.9. The molecule has 0 radical (unpaired) electrons. The second-order valence-corrected chi connectivity index (χ2v) is 4.82. The van der Waals surface area contributed by atoms with Crippen molar-refractivity contribution < 1.29 is 14.3 Å². The molecule has 0 aromatic heterocycles. The van der Waals surface area contributed by atoms with Gasteiger partial charge in [0.1, 0.15) is 24.7 Å². The van der Waals surface area contributed by atoms with Crippen LogP contribution < -0.4 is 15.2 Å². The molecule has 0 amide bonds. The molecule has 2 aromatic rings. The Morgan fingerprint density at radius 1 is 1.10 bits per heavy atom. The number of hydrogen-bond donors (Lipinski definition) is 1. The average Bonchev–Trinajstić information content (AvgIpc) is 2.45. The van der Waals surface area contributed by atoms with Gasteiger partial charge in [0.2, 0.25) is 0 Å². The molecule has 2 N–H and O–H groups in total. The van der Waals surface area contributed by atoms with Crippen molar-refractivity contribution >= 4 is 11.5 Å². The number of aryl methyl sites for hydroxylation is 1. The van der Waals surface area contributed by atoms with Crippen molar-refractivity contribution in [2.75, 3.05) is 18.9 Å². The van der Waals surface area contributed by atoms with Gasteiger partial charge in [0.05, 0.1) is 5.69 Å². The van der Waals surface area contributed by atoms with Gasteiger partial charge in [-0.25, -0.2) is 0 Å². The summed E-state index contributed by atoms with van der Waals surface area (Å²) in [5.41, 5.74) is 8.04. The number of benzene rings is 2. The van der Waals surface area contributed by atoms with Crippen LogP contribution in [-0.4, -0.2) is 19.0 Å². The lowest BCUT2D eigenvalue weighted by Gasteiger charge is -2.11. The minimum Gasteiger partial charge on any atom is -0.490 e. The monoisotopic (exact) mass is 285 g/mol. The summed E-state index contributed by atoms with van der Waals surface area (Å²) in [6.45, 7) is 4.33. The zero-order chi connectivity index (χ0) is 15.2. The maximum Gasteiger partial charge on any atom is 0.159 e. The molecule has 0 atom stereocenters. The van der Waals surface area contributed by atoms with Crippen LogP contribution >= 0.6 is 0 Å². The predicted molar refractivity (Wildman–Crippen MR) is 83.0 cm³/mol. The third-order valence-corrected chi connectivity index (χ3v) is 3.02. The van der Waals surface area contributed by atoms with Crippen LogP contribution in [0.5, 0.6) is 11.5 Å². The Bertz CT molecular complexity index is 638. The molecular formula is C17H19NO3. The molecule has 4 heteroatoms. The highest BCUT2D eigenvalue weighted by Gasteiger charge is 2.05. The molecule has 2 aromatic carbocycles. The van der Waals surface area contributed by atoms with E-state index in [9.17, 15) is 4.79 Å². The van der Waals surface area contributed by atoms with Gasteiger partial charge in [0.25, 0.3) is 0 Å². The van der Waals surface area contributed by atoms with Gasteiger partial charge in [-0.1, -0.05) is 12.1 Å². The minimum absolute atomic E-state index is 0.0176. The zero-order valence-corrected chi connectivity index (χ0v) is 12.3. The average molecular weight is 285 g/mol. The fraction of sp³-hybridized carbons (Fsp3) is 0.235. The van der Waals surface area contributed by atoms with Gasteiger partial charge in [-0.2, -0.15) is 0 Å². The maximum absolute atomic E-state index is 11.2. The van der Waals surface area contributed by atoms with E-state index >= 15 is 0 Å². The number of nitrogen functional groups attached to an aromatic ring is 1. The van der Waals surface area contributed by atoms with Crippen molar-refractivity contribution in [3.63, 3.8) is 0 Å². The summed E-state index contributed by atoms with van der Waals surface area (Å²) in [5, 5.41) is 0. The maximum atomic E-state index is 11.2. The van der Waals surface area contributed by atoms with Crippen molar-refractivity contribution in [2.45, 2.75) is 13.8 Å². The summed E-state index contributed by atoms with van der Waals surface area (Å²) < 4.78 is 11.2. The van der Waals surface area contributed by atoms with Crippen LogP contribution in [0, 0.1) is 6.92 Å². The van der Waals surface area contributed by atoms with Gasteiger partial charge in [-0.05, 0) is 49.7 Å². The quantitative estimate of drug-likeness (QED) is 0.503. The third kappa shape index (κ3) is 4.24. The molecule has 0 unspecified atom stereocenters. The van der Waals surface area contributed by atoms with Crippen LogP contribution in [0.4, 0.5) is 5.69 Å². The number of nitrogens with two attached hydrogens (primary N) is 1. The fourth-order valence-corrected chi connectivity index (χ4v) is 1.92. The Kier molecular flexibility index (Phi) is 4.82. The van der Waals surface area contributed by atoms with Crippen LogP contribution in [0.2, 0.25) is 0 Å². The Balaban J connectivity index is 1.85. The van der Waals surface area contributed by atoms with E-state index in [1.165, 1.54) is 6.92 Å². The van der Waals surface area contributed by atoms with Gasteiger partial charge in [-0.15, -0.1) is 0 Å². The predicted octanol–water partition coefficient (Wildman–Crippen LogP) is 3.24. The van der Waals surface area contributed by atoms with Gasteiger partial charge in [-0.3, -0.25) is 4.79 Å². The zero-order valence-electron chi connectivity index (χ0n) is 12.3. The van der Waals surface area contributed by atoms with Crippen molar-refractivity contribution in [1.82, 2.24) is 0 Å². The first-order valence-corrected chi connectivity index (χ1v) is 6.79. The van der Waals surface area contributed by atoms with E-state index in [0.29, 0.717) is 30.2 Å². The Morgan fingerprint density at radius 2 is 1.86 bits per heavy atom. The molecule has 0 saturated carbocycles. The van der Waals surface area contributed by atoms with E-state index in [2.05, 4.69) is 0 Å². The molecule has 0 spiro atoms. The molecule has 2 rings (SSSR count). The molecule has 0 aliphatic carbocycles. The number of rotatable bonds is 6. The summed E-state index contributed by atoms with van der Waals surface area (Å²) in [5.74, 6) is 1.36. The van der Waals surface area contributed by atoms with E-state index in [1.807, 2.05) is 31.2 Å². The molecule has 0 fully saturated rings.